The first-order valence-electron chi connectivity index (χ1n) is 7.66. The Balaban J connectivity index is 1.82. The first kappa shape index (κ1) is 16.4. The molecule has 0 N–H and O–H groups in total. The molecule has 0 bridgehead atoms. The molecule has 0 aliphatic heterocycles. The van der Waals surface area contributed by atoms with Crippen molar-refractivity contribution in [3.63, 3.8) is 0 Å². The maximum Gasteiger partial charge on any atom is 0.241 e. The second kappa shape index (κ2) is 6.68. The Kier molecular flexibility index (Phi) is 4.22. The molecule has 0 saturated carbocycles. The second-order valence-corrected chi connectivity index (χ2v) is 6.31. The van der Waals surface area contributed by atoms with Crippen molar-refractivity contribution >= 4 is 21.6 Å². The summed E-state index contributed by atoms with van der Waals surface area (Å²) >= 11 is 1.38. The monoisotopic (exact) mass is 370 g/mol. The van der Waals surface area contributed by atoms with E-state index in [1.807, 2.05) is 29.6 Å². The normalized spacial score (nSPS) is 10.9. The van der Waals surface area contributed by atoms with Gasteiger partial charge in [0.2, 0.25) is 5.88 Å². The molecule has 0 saturated heterocycles. The molecule has 2 aromatic carbocycles. The lowest BCUT2D eigenvalue weighted by Crippen LogP contribution is -1.96. The van der Waals surface area contributed by atoms with Crippen molar-refractivity contribution in [1.82, 2.24) is 9.97 Å². The zero-order valence-corrected chi connectivity index (χ0v) is 14.4. The van der Waals surface area contributed by atoms with Crippen LogP contribution >= 0.6 is 11.3 Å². The van der Waals surface area contributed by atoms with Crippen LogP contribution in [0, 0.1) is 11.6 Å². The van der Waals surface area contributed by atoms with Gasteiger partial charge in [-0.15, -0.1) is 11.3 Å². The average molecular weight is 370 g/mol. The van der Waals surface area contributed by atoms with E-state index in [-0.39, 0.29) is 11.6 Å². The van der Waals surface area contributed by atoms with Crippen LogP contribution in [0.2, 0.25) is 0 Å². The summed E-state index contributed by atoms with van der Waals surface area (Å²) in [4.78, 5) is 8.97. The Labute approximate surface area is 151 Å². The van der Waals surface area contributed by atoms with E-state index in [9.17, 15) is 8.78 Å². The van der Waals surface area contributed by atoms with E-state index in [0.29, 0.717) is 21.8 Å². The zero-order valence-electron chi connectivity index (χ0n) is 13.6. The van der Waals surface area contributed by atoms with Gasteiger partial charge < -0.3 is 9.47 Å². The highest BCUT2D eigenvalue weighted by Crippen LogP contribution is 2.34. The molecule has 2 aromatic heterocycles. The molecule has 4 rings (SSSR count). The van der Waals surface area contributed by atoms with Crippen molar-refractivity contribution in [2.45, 2.75) is 0 Å². The zero-order chi connectivity index (χ0) is 18.1. The van der Waals surface area contributed by atoms with Crippen LogP contribution in [0.25, 0.3) is 21.6 Å². The van der Waals surface area contributed by atoms with Gasteiger partial charge in [-0.2, -0.15) is 4.98 Å². The third-order valence-corrected chi connectivity index (χ3v) is 4.59. The largest absolute Gasteiger partial charge is 0.497 e. The fraction of sp³-hybridized carbons (Fsp3) is 0.0526. The number of ether oxygens (including phenoxy) is 2. The third kappa shape index (κ3) is 3.09. The Bertz CT molecular complexity index is 1100. The van der Waals surface area contributed by atoms with Crippen LogP contribution < -0.4 is 9.47 Å². The average Bonchev–Trinajstić information content (AvgIpc) is 3.13. The first-order chi connectivity index (χ1) is 12.6. The Morgan fingerprint density at radius 1 is 1.00 bits per heavy atom. The summed E-state index contributed by atoms with van der Waals surface area (Å²) in [5, 5.41) is 1.85. The SMILES string of the molecule is COc1cccc(-c2nc(Oc3ccc(F)cc3F)c3sccc3n2)c1. The van der Waals surface area contributed by atoms with Crippen LogP contribution in [0.1, 0.15) is 0 Å². The van der Waals surface area contributed by atoms with Gasteiger partial charge in [0, 0.05) is 11.6 Å². The van der Waals surface area contributed by atoms with Crippen LogP contribution in [0.5, 0.6) is 17.4 Å². The highest BCUT2D eigenvalue weighted by atomic mass is 32.1. The van der Waals surface area contributed by atoms with Gasteiger partial charge in [0.1, 0.15) is 16.3 Å². The summed E-state index contributed by atoms with van der Waals surface area (Å²) in [5.74, 6) is -0.257. The Morgan fingerprint density at radius 2 is 1.88 bits per heavy atom. The number of nitrogens with zero attached hydrogens (tertiary/aromatic N) is 2. The first-order valence-corrected chi connectivity index (χ1v) is 8.54. The van der Waals surface area contributed by atoms with E-state index in [2.05, 4.69) is 9.97 Å². The van der Waals surface area contributed by atoms with Gasteiger partial charge in [-0.25, -0.2) is 13.8 Å². The number of benzene rings is 2. The molecule has 130 valence electrons. The van der Waals surface area contributed by atoms with Crippen molar-refractivity contribution in [2.24, 2.45) is 0 Å². The molecule has 26 heavy (non-hydrogen) atoms. The summed E-state index contributed by atoms with van der Waals surface area (Å²) < 4.78 is 38.6. The third-order valence-electron chi connectivity index (χ3n) is 3.70. The smallest absolute Gasteiger partial charge is 0.241 e. The predicted octanol–water partition coefficient (Wildman–Crippen LogP) is 5.44. The number of thiophene rings is 1. The molecule has 4 nitrogen and oxygen atoms in total. The van der Waals surface area contributed by atoms with Gasteiger partial charge in [0.15, 0.2) is 17.4 Å². The van der Waals surface area contributed by atoms with Crippen LogP contribution in [-0.4, -0.2) is 17.1 Å². The van der Waals surface area contributed by atoms with E-state index in [4.69, 9.17) is 9.47 Å². The van der Waals surface area contributed by atoms with E-state index in [1.165, 1.54) is 17.4 Å². The fourth-order valence-electron chi connectivity index (χ4n) is 2.46. The van der Waals surface area contributed by atoms with Gasteiger partial charge in [-0.05, 0) is 35.7 Å². The van der Waals surface area contributed by atoms with E-state index in [0.717, 1.165) is 17.7 Å². The fourth-order valence-corrected chi connectivity index (χ4v) is 3.21. The molecule has 0 aliphatic rings. The number of halogens is 2. The molecule has 0 fully saturated rings. The van der Waals surface area contributed by atoms with Crippen LogP contribution in [-0.2, 0) is 0 Å². The molecule has 0 aliphatic carbocycles. The standard InChI is InChI=1S/C19H12F2N2O2S/c1-24-13-4-2-3-11(9-13)18-22-15-7-8-26-17(15)19(23-18)25-16-6-5-12(20)10-14(16)21/h2-10H,1H3. The van der Waals surface area contributed by atoms with E-state index < -0.39 is 11.6 Å². The predicted molar refractivity (Wildman–Crippen MR) is 95.8 cm³/mol. The number of hydrogen-bond acceptors (Lipinski definition) is 5. The summed E-state index contributed by atoms with van der Waals surface area (Å²) in [6.07, 6.45) is 0. The van der Waals surface area contributed by atoms with Crippen molar-refractivity contribution in [3.8, 4) is 28.8 Å². The van der Waals surface area contributed by atoms with Gasteiger partial charge in [0.05, 0.1) is 12.6 Å². The molecule has 2 heterocycles. The summed E-state index contributed by atoms with van der Waals surface area (Å²) in [6.45, 7) is 0. The number of rotatable bonds is 4. The van der Waals surface area contributed by atoms with Crippen molar-refractivity contribution in [3.05, 3.63) is 65.5 Å². The number of fused-ring (bicyclic) bond motifs is 1. The second-order valence-electron chi connectivity index (χ2n) is 5.40. The summed E-state index contributed by atoms with van der Waals surface area (Å²) in [5.41, 5.74) is 1.42. The van der Waals surface area contributed by atoms with Gasteiger partial charge in [0.25, 0.3) is 0 Å². The number of aromatic nitrogens is 2. The summed E-state index contributed by atoms with van der Waals surface area (Å²) in [6, 6.07) is 12.3. The maximum atomic E-state index is 14.0. The van der Waals surface area contributed by atoms with Gasteiger partial charge >= 0.3 is 0 Å². The lowest BCUT2D eigenvalue weighted by molar-refractivity contribution is 0.415. The van der Waals surface area contributed by atoms with E-state index in [1.54, 1.807) is 13.2 Å². The number of hydrogen-bond donors (Lipinski definition) is 0. The maximum absolute atomic E-state index is 14.0. The lowest BCUT2D eigenvalue weighted by Gasteiger charge is -2.09. The van der Waals surface area contributed by atoms with Crippen molar-refractivity contribution in [1.29, 1.82) is 0 Å². The molecule has 0 unspecified atom stereocenters. The minimum atomic E-state index is -0.795. The topological polar surface area (TPSA) is 44.2 Å². The minimum absolute atomic E-state index is 0.101. The van der Waals surface area contributed by atoms with Crippen molar-refractivity contribution in [2.75, 3.05) is 7.11 Å². The molecule has 0 radical (unpaired) electrons. The molecule has 0 spiro atoms. The summed E-state index contributed by atoms with van der Waals surface area (Å²) in [7, 11) is 1.58. The van der Waals surface area contributed by atoms with Crippen LogP contribution in [0.3, 0.4) is 0 Å². The molecular weight excluding hydrogens is 358 g/mol. The van der Waals surface area contributed by atoms with Crippen LogP contribution in [0.15, 0.2) is 53.9 Å². The minimum Gasteiger partial charge on any atom is -0.497 e. The highest BCUT2D eigenvalue weighted by Gasteiger charge is 2.15. The molecular formula is C19H12F2N2O2S. The lowest BCUT2D eigenvalue weighted by atomic mass is 10.2. The Morgan fingerprint density at radius 3 is 2.69 bits per heavy atom. The Hall–Kier alpha value is -3.06. The van der Waals surface area contributed by atoms with Crippen LogP contribution in [0.4, 0.5) is 8.78 Å². The highest BCUT2D eigenvalue weighted by molar-refractivity contribution is 7.17. The molecule has 0 atom stereocenters. The van der Waals surface area contributed by atoms with Gasteiger partial charge in [-0.1, -0.05) is 12.1 Å². The molecule has 0 amide bonds. The van der Waals surface area contributed by atoms with E-state index >= 15 is 0 Å². The molecule has 7 heteroatoms. The molecule has 4 aromatic rings. The quantitative estimate of drug-likeness (QED) is 0.480. The number of methoxy groups -OCH3 is 1. The van der Waals surface area contributed by atoms with Gasteiger partial charge in [-0.3, -0.25) is 0 Å². The van der Waals surface area contributed by atoms with Crippen molar-refractivity contribution < 1.29 is 18.3 Å².